The summed E-state index contributed by atoms with van der Waals surface area (Å²) in [5, 5.41) is 30.5. The van der Waals surface area contributed by atoms with E-state index in [0.29, 0.717) is 11.1 Å². The molecule has 8 heteroatoms. The lowest BCUT2D eigenvalue weighted by molar-refractivity contribution is 0.0596. The largest absolute Gasteiger partial charge is 0.507 e. The molecule has 0 bridgehead atoms. The summed E-state index contributed by atoms with van der Waals surface area (Å²) >= 11 is 6.03. The highest BCUT2D eigenvalue weighted by Crippen LogP contribution is 2.42. The minimum atomic E-state index is -0.921. The molecule has 150 valence electrons. The third kappa shape index (κ3) is 3.22. The number of ether oxygens (including phenoxy) is 2. The molecule has 0 unspecified atom stereocenters. The first-order chi connectivity index (χ1) is 12.9. The Bertz CT molecular complexity index is 951. The zero-order valence-corrected chi connectivity index (χ0v) is 17.1. The van der Waals surface area contributed by atoms with E-state index >= 15 is 0 Å². The van der Waals surface area contributed by atoms with Crippen molar-refractivity contribution in [2.75, 3.05) is 7.11 Å². The van der Waals surface area contributed by atoms with E-state index in [1.165, 1.54) is 27.9 Å². The van der Waals surface area contributed by atoms with Gasteiger partial charge in [-0.1, -0.05) is 11.6 Å². The summed E-state index contributed by atoms with van der Waals surface area (Å²) in [5.41, 5.74) is 0.968. The summed E-state index contributed by atoms with van der Waals surface area (Å²) in [7, 11) is 1.20. The number of methoxy groups -OCH3 is 1. The van der Waals surface area contributed by atoms with E-state index < -0.39 is 17.7 Å². The van der Waals surface area contributed by atoms with Crippen LogP contribution in [0.2, 0.25) is 5.02 Å². The first-order valence-corrected chi connectivity index (χ1v) is 8.67. The van der Waals surface area contributed by atoms with Crippen LogP contribution < -0.4 is 4.74 Å². The number of esters is 2. The van der Waals surface area contributed by atoms with Gasteiger partial charge in [-0.2, -0.15) is 0 Å². The molecule has 0 fully saturated rings. The standard InChI is InChI=1S/C20H21ClO7/c1-7-8(2)18(11(5)16(23)12(7)19(25)27-6)28-20(26)13-9(3)14(21)17(24)10(4)15(13)22/h22-24H,1-6H3. The molecule has 0 aliphatic rings. The fourth-order valence-corrected chi connectivity index (χ4v) is 3.18. The van der Waals surface area contributed by atoms with Crippen molar-refractivity contribution in [3.63, 3.8) is 0 Å². The van der Waals surface area contributed by atoms with Crippen LogP contribution in [0.25, 0.3) is 0 Å². The van der Waals surface area contributed by atoms with Crippen LogP contribution >= 0.6 is 11.6 Å². The van der Waals surface area contributed by atoms with Gasteiger partial charge in [-0.15, -0.1) is 0 Å². The number of hydrogen-bond donors (Lipinski definition) is 3. The molecule has 2 rings (SSSR count). The minimum absolute atomic E-state index is 0.0140. The predicted molar refractivity (Wildman–Crippen MR) is 103 cm³/mol. The van der Waals surface area contributed by atoms with Gasteiger partial charge in [0.25, 0.3) is 0 Å². The smallest absolute Gasteiger partial charge is 0.347 e. The van der Waals surface area contributed by atoms with Crippen LogP contribution in [0, 0.1) is 34.6 Å². The van der Waals surface area contributed by atoms with Gasteiger partial charge >= 0.3 is 11.9 Å². The number of phenols is 3. The number of phenolic OH excluding ortho intramolecular Hbond substituents is 3. The Hall–Kier alpha value is -2.93. The lowest BCUT2D eigenvalue weighted by Gasteiger charge is -2.19. The van der Waals surface area contributed by atoms with Crippen LogP contribution in [0.15, 0.2) is 0 Å². The van der Waals surface area contributed by atoms with Crippen LogP contribution in [-0.4, -0.2) is 34.4 Å². The molecule has 2 aromatic rings. The molecule has 0 aliphatic heterocycles. The van der Waals surface area contributed by atoms with Gasteiger partial charge in [0.05, 0.1) is 12.1 Å². The Kier molecular flexibility index (Phi) is 5.80. The quantitative estimate of drug-likeness (QED) is 0.519. The summed E-state index contributed by atoms with van der Waals surface area (Å²) in [5.74, 6) is -2.72. The molecule has 0 radical (unpaired) electrons. The number of rotatable bonds is 3. The molecular weight excluding hydrogens is 388 g/mol. The van der Waals surface area contributed by atoms with Crippen LogP contribution in [0.3, 0.4) is 0 Å². The fourth-order valence-electron chi connectivity index (χ4n) is 2.94. The molecule has 0 aliphatic carbocycles. The van der Waals surface area contributed by atoms with Crippen molar-refractivity contribution in [3.8, 4) is 23.0 Å². The second-order valence-corrected chi connectivity index (χ2v) is 6.82. The lowest BCUT2D eigenvalue weighted by atomic mass is 9.97. The van der Waals surface area contributed by atoms with Crippen molar-refractivity contribution >= 4 is 23.5 Å². The molecule has 0 atom stereocenters. The summed E-state index contributed by atoms with van der Waals surface area (Å²) in [6, 6.07) is 0. The van der Waals surface area contributed by atoms with Crippen LogP contribution in [0.4, 0.5) is 0 Å². The van der Waals surface area contributed by atoms with Crippen molar-refractivity contribution in [2.24, 2.45) is 0 Å². The van der Waals surface area contributed by atoms with Gasteiger partial charge in [0.2, 0.25) is 0 Å². The van der Waals surface area contributed by atoms with Crippen molar-refractivity contribution in [1.29, 1.82) is 0 Å². The molecule has 0 aromatic heterocycles. The van der Waals surface area contributed by atoms with E-state index in [2.05, 4.69) is 4.74 Å². The first kappa shape index (κ1) is 21.4. The number of carbonyl (C=O) groups excluding carboxylic acids is 2. The van der Waals surface area contributed by atoms with E-state index in [1.54, 1.807) is 13.8 Å². The molecule has 0 saturated heterocycles. The number of halogens is 1. The van der Waals surface area contributed by atoms with Crippen molar-refractivity contribution < 1.29 is 34.4 Å². The fraction of sp³-hybridized carbons (Fsp3) is 0.300. The Morgan fingerprint density at radius 1 is 0.714 bits per heavy atom. The molecule has 0 saturated carbocycles. The van der Waals surface area contributed by atoms with E-state index in [-0.39, 0.29) is 50.1 Å². The zero-order chi connectivity index (χ0) is 21.5. The van der Waals surface area contributed by atoms with E-state index in [9.17, 15) is 24.9 Å². The summed E-state index contributed by atoms with van der Waals surface area (Å²) in [4.78, 5) is 24.7. The summed E-state index contributed by atoms with van der Waals surface area (Å²) in [6.07, 6.45) is 0. The maximum atomic E-state index is 12.8. The Morgan fingerprint density at radius 3 is 1.75 bits per heavy atom. The second kappa shape index (κ2) is 7.59. The van der Waals surface area contributed by atoms with E-state index in [4.69, 9.17) is 16.3 Å². The molecule has 7 nitrogen and oxygen atoms in total. The topological polar surface area (TPSA) is 113 Å². The van der Waals surface area contributed by atoms with Gasteiger partial charge in [0, 0.05) is 11.1 Å². The normalized spacial score (nSPS) is 10.7. The highest BCUT2D eigenvalue weighted by molar-refractivity contribution is 6.33. The van der Waals surface area contributed by atoms with Gasteiger partial charge in [-0.05, 0) is 51.3 Å². The highest BCUT2D eigenvalue weighted by Gasteiger charge is 2.28. The van der Waals surface area contributed by atoms with Gasteiger partial charge < -0.3 is 24.8 Å². The Labute approximate surface area is 167 Å². The average Bonchev–Trinajstić information content (AvgIpc) is 2.66. The Morgan fingerprint density at radius 2 is 1.21 bits per heavy atom. The monoisotopic (exact) mass is 408 g/mol. The van der Waals surface area contributed by atoms with Gasteiger partial charge in [0.15, 0.2) is 0 Å². The number of carbonyl (C=O) groups is 2. The van der Waals surface area contributed by atoms with Gasteiger partial charge in [-0.25, -0.2) is 9.59 Å². The molecule has 0 heterocycles. The zero-order valence-electron chi connectivity index (χ0n) is 16.4. The van der Waals surface area contributed by atoms with Crippen molar-refractivity contribution in [2.45, 2.75) is 34.6 Å². The molecule has 28 heavy (non-hydrogen) atoms. The first-order valence-electron chi connectivity index (χ1n) is 8.29. The van der Waals surface area contributed by atoms with Crippen LogP contribution in [0.5, 0.6) is 23.0 Å². The number of benzene rings is 2. The van der Waals surface area contributed by atoms with Crippen molar-refractivity contribution in [3.05, 3.63) is 44.0 Å². The molecule has 3 N–H and O–H groups in total. The van der Waals surface area contributed by atoms with Gasteiger partial charge in [0.1, 0.15) is 34.1 Å². The third-order valence-electron chi connectivity index (χ3n) is 4.86. The molecule has 0 amide bonds. The van der Waals surface area contributed by atoms with Crippen molar-refractivity contribution in [1.82, 2.24) is 0 Å². The van der Waals surface area contributed by atoms with E-state index in [0.717, 1.165) is 0 Å². The minimum Gasteiger partial charge on any atom is -0.507 e. The summed E-state index contributed by atoms with van der Waals surface area (Å²) < 4.78 is 10.1. The maximum Gasteiger partial charge on any atom is 0.347 e. The average molecular weight is 409 g/mol. The second-order valence-electron chi connectivity index (χ2n) is 6.45. The number of hydrogen-bond acceptors (Lipinski definition) is 7. The highest BCUT2D eigenvalue weighted by atomic mass is 35.5. The SMILES string of the molecule is COC(=O)c1c(C)c(C)c(OC(=O)c2c(C)c(Cl)c(O)c(C)c2O)c(C)c1O. The lowest BCUT2D eigenvalue weighted by Crippen LogP contribution is -2.15. The predicted octanol–water partition coefficient (Wildman–Crippen LogP) is 4.00. The molecule has 0 spiro atoms. The maximum absolute atomic E-state index is 12.8. The van der Waals surface area contributed by atoms with E-state index in [1.807, 2.05) is 0 Å². The van der Waals surface area contributed by atoms with Gasteiger partial charge in [-0.3, -0.25) is 0 Å². The molecule has 2 aromatic carbocycles. The third-order valence-corrected chi connectivity index (χ3v) is 5.32. The Balaban J connectivity index is 2.63. The van der Waals surface area contributed by atoms with Crippen LogP contribution in [-0.2, 0) is 4.74 Å². The summed E-state index contributed by atoms with van der Waals surface area (Å²) in [6.45, 7) is 7.56. The molecular formula is C20H21ClO7. The number of aromatic hydroxyl groups is 3. The van der Waals surface area contributed by atoms with Crippen LogP contribution in [0.1, 0.15) is 48.5 Å².